The molecule has 0 spiro atoms. The minimum Gasteiger partial charge on any atom is -0.489 e. The van der Waals surface area contributed by atoms with Crippen molar-refractivity contribution in [2.75, 3.05) is 7.11 Å². The van der Waals surface area contributed by atoms with Gasteiger partial charge < -0.3 is 14.4 Å². The number of carbonyl (C=O) groups is 1. The van der Waals surface area contributed by atoms with Crippen molar-refractivity contribution in [3.8, 4) is 5.75 Å². The Morgan fingerprint density at radius 2 is 1.90 bits per heavy atom. The fourth-order valence-corrected chi connectivity index (χ4v) is 3.67. The predicted molar refractivity (Wildman–Crippen MR) is 111 cm³/mol. The Labute approximate surface area is 189 Å². The SMILES string of the molecule is COc1c(C(=O)O)nc(C(C)C(c2ccccc2Cl)c2nncn2C)n(C)c1=O.[Li]. The average molecular weight is 425 g/mol. The molecular formula is C19H20ClLiN5O4. The van der Waals surface area contributed by atoms with Gasteiger partial charge in [0, 0.05) is 43.9 Å². The van der Waals surface area contributed by atoms with Crippen LogP contribution < -0.4 is 10.3 Å². The van der Waals surface area contributed by atoms with Crippen molar-refractivity contribution in [1.82, 2.24) is 24.3 Å². The molecule has 2 aromatic heterocycles. The zero-order valence-electron chi connectivity index (χ0n) is 17.3. The first-order chi connectivity index (χ1) is 13.8. The number of aryl methyl sites for hydroxylation is 1. The number of hydrogen-bond acceptors (Lipinski definition) is 6. The van der Waals surface area contributed by atoms with Crippen LogP contribution in [0.25, 0.3) is 0 Å². The van der Waals surface area contributed by atoms with Gasteiger partial charge in [0.25, 0.3) is 5.56 Å². The first kappa shape index (κ1) is 23.7. The normalized spacial score (nSPS) is 12.7. The average Bonchev–Trinajstić information content (AvgIpc) is 3.10. The summed E-state index contributed by atoms with van der Waals surface area (Å²) in [5.74, 6) is -1.68. The zero-order valence-corrected chi connectivity index (χ0v) is 18.1. The van der Waals surface area contributed by atoms with E-state index in [1.807, 2.05) is 25.1 Å². The molecule has 3 rings (SSSR count). The molecule has 11 heteroatoms. The summed E-state index contributed by atoms with van der Waals surface area (Å²) in [6.45, 7) is 1.84. The maximum absolute atomic E-state index is 12.7. The maximum atomic E-state index is 12.7. The van der Waals surface area contributed by atoms with Crippen LogP contribution in [0, 0.1) is 0 Å². The van der Waals surface area contributed by atoms with E-state index >= 15 is 0 Å². The molecule has 153 valence electrons. The number of methoxy groups -OCH3 is 1. The maximum Gasteiger partial charge on any atom is 0.358 e. The summed E-state index contributed by atoms with van der Waals surface area (Å²) in [7, 11) is 4.56. The van der Waals surface area contributed by atoms with Gasteiger partial charge in [-0.25, -0.2) is 9.78 Å². The van der Waals surface area contributed by atoms with Crippen LogP contribution in [0.3, 0.4) is 0 Å². The molecule has 0 saturated carbocycles. The second-order valence-corrected chi connectivity index (χ2v) is 7.02. The number of halogens is 1. The third kappa shape index (κ3) is 4.14. The molecule has 0 bridgehead atoms. The minimum absolute atomic E-state index is 0. The number of hydrogen-bond donors (Lipinski definition) is 1. The number of ether oxygens (including phenoxy) is 1. The molecule has 0 aliphatic carbocycles. The van der Waals surface area contributed by atoms with E-state index in [1.165, 1.54) is 18.7 Å². The Balaban J connectivity index is 0.00000320. The first-order valence-corrected chi connectivity index (χ1v) is 9.12. The van der Waals surface area contributed by atoms with E-state index in [0.717, 1.165) is 5.56 Å². The molecule has 3 aromatic rings. The Kier molecular flexibility index (Phi) is 7.48. The standard InChI is InChI=1S/C19H20ClN5O4.Li/c1-10(16-22-14(19(27)28)15(29-4)18(26)25(16)3)13(17-23-21-9-24(17)2)11-7-5-6-8-12(11)20;/h5-10,13H,1-4H3,(H,27,28);. The molecule has 2 unspecified atom stereocenters. The summed E-state index contributed by atoms with van der Waals surface area (Å²) < 4.78 is 8.03. The molecule has 1 aromatic carbocycles. The van der Waals surface area contributed by atoms with Crippen molar-refractivity contribution in [1.29, 1.82) is 0 Å². The van der Waals surface area contributed by atoms with Gasteiger partial charge in [0.05, 0.1) is 13.0 Å². The van der Waals surface area contributed by atoms with Gasteiger partial charge in [0.2, 0.25) is 5.75 Å². The van der Waals surface area contributed by atoms with E-state index in [-0.39, 0.29) is 30.4 Å². The molecule has 0 aliphatic rings. The second-order valence-electron chi connectivity index (χ2n) is 6.61. The van der Waals surface area contributed by atoms with Crippen molar-refractivity contribution < 1.29 is 14.6 Å². The Hall–Kier alpha value is -2.60. The van der Waals surface area contributed by atoms with E-state index in [1.54, 1.807) is 24.0 Å². The predicted octanol–water partition coefficient (Wildman–Crippen LogP) is 1.82. The first-order valence-electron chi connectivity index (χ1n) is 8.74. The number of nitrogens with zero attached hydrogens (tertiary/aromatic N) is 5. The summed E-state index contributed by atoms with van der Waals surface area (Å²) in [6, 6.07) is 7.28. The second kappa shape index (κ2) is 9.47. The van der Waals surface area contributed by atoms with E-state index < -0.39 is 29.1 Å². The Morgan fingerprint density at radius 3 is 2.43 bits per heavy atom. The third-order valence-electron chi connectivity index (χ3n) is 4.86. The van der Waals surface area contributed by atoms with Crippen LogP contribution in [0.4, 0.5) is 0 Å². The Morgan fingerprint density at radius 1 is 1.23 bits per heavy atom. The molecule has 9 nitrogen and oxygen atoms in total. The van der Waals surface area contributed by atoms with E-state index in [9.17, 15) is 14.7 Å². The smallest absolute Gasteiger partial charge is 0.358 e. The fourth-order valence-electron chi connectivity index (χ4n) is 3.42. The van der Waals surface area contributed by atoms with Gasteiger partial charge in [0.15, 0.2) is 5.69 Å². The zero-order chi connectivity index (χ0) is 21.3. The molecular weight excluding hydrogens is 405 g/mol. The van der Waals surface area contributed by atoms with Gasteiger partial charge in [-0.1, -0.05) is 36.7 Å². The number of rotatable bonds is 6. The number of aromatic carboxylic acids is 1. The number of carboxylic acids is 1. The minimum atomic E-state index is -1.35. The van der Waals surface area contributed by atoms with Gasteiger partial charge in [-0.3, -0.25) is 9.36 Å². The molecule has 30 heavy (non-hydrogen) atoms. The van der Waals surface area contributed by atoms with Crippen molar-refractivity contribution in [3.63, 3.8) is 0 Å². The van der Waals surface area contributed by atoms with Gasteiger partial charge >= 0.3 is 5.97 Å². The summed E-state index contributed by atoms with van der Waals surface area (Å²) >= 11 is 6.46. The number of benzene rings is 1. The third-order valence-corrected chi connectivity index (χ3v) is 5.21. The molecule has 0 amide bonds. The van der Waals surface area contributed by atoms with E-state index in [4.69, 9.17) is 16.3 Å². The molecule has 1 N–H and O–H groups in total. The summed E-state index contributed by atoms with van der Waals surface area (Å²) in [5, 5.41) is 18.2. The van der Waals surface area contributed by atoms with Crippen molar-refractivity contribution >= 4 is 36.4 Å². The van der Waals surface area contributed by atoms with Crippen LogP contribution in [0.15, 0.2) is 35.4 Å². The van der Waals surface area contributed by atoms with Crippen LogP contribution in [0.1, 0.15) is 46.5 Å². The molecule has 2 heterocycles. The van der Waals surface area contributed by atoms with Crippen LogP contribution in [0.2, 0.25) is 5.02 Å². The molecule has 2 atom stereocenters. The summed E-state index contributed by atoms with van der Waals surface area (Å²) in [6.07, 6.45) is 1.56. The topological polar surface area (TPSA) is 112 Å². The van der Waals surface area contributed by atoms with Crippen molar-refractivity contribution in [2.45, 2.75) is 18.8 Å². The molecule has 0 aliphatic heterocycles. The number of carboxylic acid groups (broad SMARTS) is 1. The van der Waals surface area contributed by atoms with E-state index in [2.05, 4.69) is 15.2 Å². The summed E-state index contributed by atoms with van der Waals surface area (Å²) in [5.41, 5.74) is -0.259. The molecule has 1 radical (unpaired) electrons. The number of aromatic nitrogens is 5. The fraction of sp³-hybridized carbons (Fsp3) is 0.316. The quantitative estimate of drug-likeness (QED) is 0.600. The van der Waals surface area contributed by atoms with Crippen molar-refractivity contribution in [3.05, 3.63) is 68.9 Å². The van der Waals surface area contributed by atoms with Crippen molar-refractivity contribution in [2.24, 2.45) is 14.1 Å². The summed E-state index contributed by atoms with van der Waals surface area (Å²) in [4.78, 5) is 28.6. The molecule has 0 fully saturated rings. The van der Waals surface area contributed by atoms with Gasteiger partial charge in [-0.2, -0.15) is 0 Å². The largest absolute Gasteiger partial charge is 0.489 e. The Bertz CT molecular complexity index is 1130. The van der Waals surface area contributed by atoms with Gasteiger partial charge in [-0.05, 0) is 11.6 Å². The van der Waals surface area contributed by atoms with E-state index in [0.29, 0.717) is 10.8 Å². The van der Waals surface area contributed by atoms with Crippen LogP contribution >= 0.6 is 11.6 Å². The van der Waals surface area contributed by atoms with Crippen LogP contribution in [-0.4, -0.2) is 61.4 Å². The van der Waals surface area contributed by atoms with Crippen LogP contribution in [0.5, 0.6) is 5.75 Å². The van der Waals surface area contributed by atoms with Crippen LogP contribution in [-0.2, 0) is 14.1 Å². The monoisotopic (exact) mass is 424 g/mol. The van der Waals surface area contributed by atoms with Gasteiger partial charge in [-0.15, -0.1) is 10.2 Å². The molecule has 0 saturated heterocycles. The van der Waals surface area contributed by atoms with Gasteiger partial charge in [0.1, 0.15) is 18.0 Å².